The van der Waals surface area contributed by atoms with Crippen LogP contribution in [0.3, 0.4) is 0 Å². The molecule has 0 amide bonds. The fourth-order valence-electron chi connectivity index (χ4n) is 4.58. The molecule has 5 rings (SSSR count). The Kier molecular flexibility index (Phi) is 8.11. The second kappa shape index (κ2) is 11.1. The fourth-order valence-corrected chi connectivity index (χ4v) is 4.77. The first-order valence-corrected chi connectivity index (χ1v) is 12.1. The van der Waals surface area contributed by atoms with Gasteiger partial charge in [-0.3, -0.25) is 4.98 Å². The molecule has 2 aromatic carbocycles. The Labute approximate surface area is 216 Å². The molecule has 0 bridgehead atoms. The van der Waals surface area contributed by atoms with Crippen molar-refractivity contribution in [1.29, 1.82) is 0 Å². The van der Waals surface area contributed by atoms with Gasteiger partial charge in [0.2, 0.25) is 0 Å². The number of likely N-dealkylation sites (tertiary alicyclic amines) is 1. The number of alkyl halides is 3. The van der Waals surface area contributed by atoms with E-state index < -0.39 is 18.2 Å². The van der Waals surface area contributed by atoms with Crippen LogP contribution in [0.2, 0.25) is 5.02 Å². The van der Waals surface area contributed by atoms with Gasteiger partial charge in [0.15, 0.2) is 0 Å². The maximum absolute atomic E-state index is 10.6. The quantitative estimate of drug-likeness (QED) is 0.485. The van der Waals surface area contributed by atoms with Crippen LogP contribution in [0.5, 0.6) is 11.5 Å². The number of benzene rings is 2. The summed E-state index contributed by atoms with van der Waals surface area (Å²) in [4.78, 5) is 15.3. The average molecular weight is 539 g/mol. The molecule has 2 N–H and O–H groups in total. The van der Waals surface area contributed by atoms with Crippen LogP contribution in [-0.2, 0) is 11.2 Å². The monoisotopic (exact) mass is 538 g/mol. The minimum Gasteiger partial charge on any atom is -0.490 e. The smallest absolute Gasteiger partial charge is 0.490 e. The molecule has 37 heavy (non-hydrogen) atoms. The zero-order valence-corrected chi connectivity index (χ0v) is 20.5. The molecule has 198 valence electrons. The third kappa shape index (κ3) is 6.82. The zero-order valence-electron chi connectivity index (χ0n) is 19.7. The number of piperidine rings is 1. The molecule has 0 saturated carbocycles. The van der Waals surface area contributed by atoms with Crippen LogP contribution >= 0.6 is 11.6 Å². The molecule has 1 saturated heterocycles. The maximum Gasteiger partial charge on any atom is 0.490 e. The number of carboxylic acid groups (broad SMARTS) is 1. The van der Waals surface area contributed by atoms with Gasteiger partial charge in [-0.15, -0.1) is 0 Å². The van der Waals surface area contributed by atoms with Crippen molar-refractivity contribution in [2.24, 2.45) is 0 Å². The van der Waals surface area contributed by atoms with Crippen molar-refractivity contribution in [2.45, 2.75) is 37.1 Å². The van der Waals surface area contributed by atoms with E-state index in [9.17, 15) is 18.3 Å². The van der Waals surface area contributed by atoms with Gasteiger partial charge in [-0.2, -0.15) is 13.2 Å². The van der Waals surface area contributed by atoms with Gasteiger partial charge in [0.1, 0.15) is 29.8 Å². The first-order valence-electron chi connectivity index (χ1n) is 11.7. The SMILES string of the molecule is O=C(O)C(F)(F)F.OC(COc1cccc2cnccc12)CN1CCC2(CC1)Cc1cc(Cl)ccc1O2. The normalized spacial score (nSPS) is 17.4. The summed E-state index contributed by atoms with van der Waals surface area (Å²) in [6.07, 6.45) is 0.758. The molecule has 2 aliphatic rings. The number of carboxylic acids is 1. The molecule has 1 aromatic heterocycles. The first kappa shape index (κ1) is 27.0. The van der Waals surface area contributed by atoms with Crippen LogP contribution in [0, 0.1) is 0 Å². The second-order valence-corrected chi connectivity index (χ2v) is 9.57. The van der Waals surface area contributed by atoms with Crippen LogP contribution < -0.4 is 9.47 Å². The Bertz CT molecular complexity index is 1240. The van der Waals surface area contributed by atoms with Gasteiger partial charge in [0, 0.05) is 67.1 Å². The van der Waals surface area contributed by atoms with E-state index in [-0.39, 0.29) is 12.2 Å². The number of hydrogen-bond donors (Lipinski definition) is 2. The van der Waals surface area contributed by atoms with E-state index in [1.54, 1.807) is 6.20 Å². The summed E-state index contributed by atoms with van der Waals surface area (Å²) in [5.41, 5.74) is 1.08. The molecule has 11 heteroatoms. The fraction of sp³-hybridized carbons (Fsp3) is 0.385. The summed E-state index contributed by atoms with van der Waals surface area (Å²) < 4.78 is 44.0. The van der Waals surface area contributed by atoms with E-state index in [2.05, 4.69) is 9.88 Å². The number of aromatic nitrogens is 1. The maximum atomic E-state index is 10.6. The Morgan fingerprint density at radius 2 is 1.95 bits per heavy atom. The highest BCUT2D eigenvalue weighted by Gasteiger charge is 2.42. The van der Waals surface area contributed by atoms with E-state index in [0.717, 1.165) is 59.6 Å². The standard InChI is InChI=1S/C24H25ClN2O3.C2HF3O2/c25-19-4-5-22-18(12-19)13-24(30-22)7-10-27(11-8-24)15-20(28)16-29-23-3-1-2-17-14-26-9-6-21(17)23;3-2(4,5)1(6)7/h1-6,9,12,14,20,28H,7-8,10-11,13,15-16H2;(H,6,7). The molecule has 2 aliphatic heterocycles. The highest BCUT2D eigenvalue weighted by Crippen LogP contribution is 2.42. The lowest BCUT2D eigenvalue weighted by Crippen LogP contribution is -2.49. The lowest BCUT2D eigenvalue weighted by molar-refractivity contribution is -0.192. The third-order valence-electron chi connectivity index (χ3n) is 6.41. The van der Waals surface area contributed by atoms with Crippen LogP contribution in [0.15, 0.2) is 54.9 Å². The van der Waals surface area contributed by atoms with Gasteiger partial charge < -0.3 is 24.6 Å². The average Bonchev–Trinajstić information content (AvgIpc) is 3.21. The predicted molar refractivity (Wildman–Crippen MR) is 131 cm³/mol. The van der Waals surface area contributed by atoms with Gasteiger partial charge in [0.05, 0.1) is 0 Å². The van der Waals surface area contributed by atoms with Crippen LogP contribution in [0.1, 0.15) is 18.4 Å². The van der Waals surface area contributed by atoms with E-state index in [0.29, 0.717) is 6.54 Å². The van der Waals surface area contributed by atoms with Crippen LogP contribution in [0.4, 0.5) is 13.2 Å². The number of hydrogen-bond acceptors (Lipinski definition) is 6. The lowest BCUT2D eigenvalue weighted by atomic mass is 9.87. The number of aliphatic carboxylic acids is 1. The van der Waals surface area contributed by atoms with Crippen LogP contribution in [-0.4, -0.2) is 70.2 Å². The summed E-state index contributed by atoms with van der Waals surface area (Å²) in [5.74, 6) is -1.01. The summed E-state index contributed by atoms with van der Waals surface area (Å²) in [7, 11) is 0. The predicted octanol–water partition coefficient (Wildman–Crippen LogP) is 4.73. The number of ether oxygens (including phenoxy) is 2. The number of rotatable bonds is 5. The van der Waals surface area contributed by atoms with Gasteiger partial charge in [-0.1, -0.05) is 23.7 Å². The number of carbonyl (C=O) groups is 1. The van der Waals surface area contributed by atoms with Gasteiger partial charge in [0.25, 0.3) is 0 Å². The highest BCUT2D eigenvalue weighted by atomic mass is 35.5. The van der Waals surface area contributed by atoms with Gasteiger partial charge >= 0.3 is 12.1 Å². The molecule has 1 atom stereocenters. The van der Waals surface area contributed by atoms with E-state index in [1.807, 2.05) is 48.7 Å². The van der Waals surface area contributed by atoms with Crippen molar-refractivity contribution < 1.29 is 37.7 Å². The van der Waals surface area contributed by atoms with E-state index in [1.165, 1.54) is 5.56 Å². The number of aliphatic hydroxyl groups is 1. The van der Waals surface area contributed by atoms with E-state index >= 15 is 0 Å². The molecule has 3 heterocycles. The number of halogens is 4. The van der Waals surface area contributed by atoms with Crippen molar-refractivity contribution in [3.8, 4) is 11.5 Å². The number of nitrogens with zero attached hydrogens (tertiary/aromatic N) is 2. The molecular weight excluding hydrogens is 513 g/mol. The Morgan fingerprint density at radius 1 is 1.22 bits per heavy atom. The molecule has 0 aliphatic carbocycles. The highest BCUT2D eigenvalue weighted by molar-refractivity contribution is 6.30. The van der Waals surface area contributed by atoms with Crippen molar-refractivity contribution in [2.75, 3.05) is 26.2 Å². The molecular formula is C26H26ClF3N2O5. The Hall–Kier alpha value is -3.08. The minimum absolute atomic E-state index is 0.123. The largest absolute Gasteiger partial charge is 0.490 e. The number of β-amino-alcohol motifs (C(OH)–C–C–N with tert-alkyl or cyclic N) is 1. The summed E-state index contributed by atoms with van der Waals surface area (Å²) in [5, 5.41) is 20.5. The van der Waals surface area contributed by atoms with Gasteiger partial charge in [-0.25, -0.2) is 4.79 Å². The molecule has 1 spiro atoms. The first-order chi connectivity index (χ1) is 17.5. The lowest BCUT2D eigenvalue weighted by Gasteiger charge is -2.39. The Balaban J connectivity index is 0.000000405. The summed E-state index contributed by atoms with van der Waals surface area (Å²) >= 11 is 6.13. The van der Waals surface area contributed by atoms with E-state index in [4.69, 9.17) is 31.0 Å². The molecule has 3 aromatic rings. The number of aliphatic hydroxyl groups excluding tert-OH is 1. The summed E-state index contributed by atoms with van der Waals surface area (Å²) in [6, 6.07) is 13.7. The number of pyridine rings is 1. The topological polar surface area (TPSA) is 92.1 Å². The number of fused-ring (bicyclic) bond motifs is 2. The molecule has 0 radical (unpaired) electrons. The molecule has 1 unspecified atom stereocenters. The van der Waals surface area contributed by atoms with Gasteiger partial charge in [-0.05, 0) is 35.9 Å². The van der Waals surface area contributed by atoms with Crippen molar-refractivity contribution in [3.05, 3.63) is 65.4 Å². The molecule has 7 nitrogen and oxygen atoms in total. The third-order valence-corrected chi connectivity index (χ3v) is 6.65. The van der Waals surface area contributed by atoms with Crippen LogP contribution in [0.25, 0.3) is 10.8 Å². The minimum atomic E-state index is -5.08. The summed E-state index contributed by atoms with van der Waals surface area (Å²) in [6.45, 7) is 2.67. The zero-order chi connectivity index (χ0) is 26.6. The van der Waals surface area contributed by atoms with Crippen molar-refractivity contribution >= 4 is 28.3 Å². The van der Waals surface area contributed by atoms with Crippen molar-refractivity contribution in [1.82, 2.24) is 9.88 Å². The Morgan fingerprint density at radius 3 is 2.65 bits per heavy atom. The molecule has 1 fully saturated rings. The van der Waals surface area contributed by atoms with Crippen molar-refractivity contribution in [3.63, 3.8) is 0 Å². The second-order valence-electron chi connectivity index (χ2n) is 9.14.